The standard InChI is InChI=1S/C24H22N2O5S2/c1-5-10-31-16-9-8-15(12-17(16)29-3)13-19-22(27)26-21(18-7-6-11-32-18)20(23(28)30-4)14(2)25-24(26)33-19/h5-9,11-13,21H,1,10H2,2-4H3/b19-13+. The van der Waals surface area contributed by atoms with Crippen LogP contribution in [0, 0.1) is 0 Å². The maximum atomic E-state index is 13.5. The van der Waals surface area contributed by atoms with E-state index in [4.69, 9.17) is 14.2 Å². The highest BCUT2D eigenvalue weighted by Crippen LogP contribution is 2.33. The van der Waals surface area contributed by atoms with Crippen LogP contribution in [0.3, 0.4) is 0 Å². The van der Waals surface area contributed by atoms with Gasteiger partial charge in [-0.3, -0.25) is 9.36 Å². The molecule has 1 aliphatic heterocycles. The maximum absolute atomic E-state index is 13.5. The third kappa shape index (κ3) is 4.29. The van der Waals surface area contributed by atoms with Crippen molar-refractivity contribution in [2.45, 2.75) is 13.0 Å². The average molecular weight is 483 g/mol. The molecule has 7 nitrogen and oxygen atoms in total. The van der Waals surface area contributed by atoms with E-state index in [2.05, 4.69) is 11.6 Å². The van der Waals surface area contributed by atoms with E-state index in [0.717, 1.165) is 10.4 Å². The molecule has 1 unspecified atom stereocenters. The summed E-state index contributed by atoms with van der Waals surface area (Å²) in [6.45, 7) is 5.77. The van der Waals surface area contributed by atoms with Crippen LogP contribution in [-0.4, -0.2) is 31.4 Å². The lowest BCUT2D eigenvalue weighted by molar-refractivity contribution is -0.136. The fraction of sp³-hybridized carbons (Fsp3) is 0.208. The van der Waals surface area contributed by atoms with Crippen molar-refractivity contribution in [1.82, 2.24) is 4.57 Å². The largest absolute Gasteiger partial charge is 0.493 e. The number of nitrogens with zero attached hydrogens (tertiary/aromatic N) is 2. The summed E-state index contributed by atoms with van der Waals surface area (Å²) in [6, 6.07) is 8.65. The summed E-state index contributed by atoms with van der Waals surface area (Å²) in [6.07, 6.45) is 3.44. The van der Waals surface area contributed by atoms with Crippen molar-refractivity contribution in [3.05, 3.63) is 89.8 Å². The molecule has 1 aliphatic rings. The van der Waals surface area contributed by atoms with Gasteiger partial charge in [-0.05, 0) is 42.1 Å². The third-order valence-electron chi connectivity index (χ3n) is 5.08. The molecule has 0 radical (unpaired) electrons. The zero-order valence-electron chi connectivity index (χ0n) is 18.4. The van der Waals surface area contributed by atoms with E-state index in [0.29, 0.717) is 38.7 Å². The second-order valence-corrected chi connectivity index (χ2v) is 9.09. The zero-order valence-corrected chi connectivity index (χ0v) is 20.0. The molecule has 0 amide bonds. The van der Waals surface area contributed by atoms with Crippen molar-refractivity contribution in [1.29, 1.82) is 0 Å². The number of hydrogen-bond donors (Lipinski definition) is 0. The van der Waals surface area contributed by atoms with E-state index < -0.39 is 12.0 Å². The Hall–Kier alpha value is -3.43. The van der Waals surface area contributed by atoms with Crippen molar-refractivity contribution in [2.24, 2.45) is 4.99 Å². The number of hydrogen-bond acceptors (Lipinski definition) is 8. The molecule has 1 aromatic carbocycles. The lowest BCUT2D eigenvalue weighted by atomic mass is 10.0. The van der Waals surface area contributed by atoms with E-state index in [1.807, 2.05) is 23.6 Å². The van der Waals surface area contributed by atoms with Gasteiger partial charge < -0.3 is 14.2 Å². The van der Waals surface area contributed by atoms with Crippen molar-refractivity contribution < 1.29 is 19.0 Å². The third-order valence-corrected chi connectivity index (χ3v) is 6.99. The second-order valence-electron chi connectivity index (χ2n) is 7.10. The molecule has 3 aromatic rings. The summed E-state index contributed by atoms with van der Waals surface area (Å²) in [7, 11) is 2.89. The number of carbonyl (C=O) groups excluding carboxylic acids is 1. The molecule has 33 heavy (non-hydrogen) atoms. The molecule has 2 aromatic heterocycles. The predicted molar refractivity (Wildman–Crippen MR) is 129 cm³/mol. The number of fused-ring (bicyclic) bond motifs is 1. The van der Waals surface area contributed by atoms with E-state index in [1.54, 1.807) is 42.9 Å². The van der Waals surface area contributed by atoms with Gasteiger partial charge in [0.1, 0.15) is 12.6 Å². The van der Waals surface area contributed by atoms with Gasteiger partial charge in [0.05, 0.1) is 30.0 Å². The summed E-state index contributed by atoms with van der Waals surface area (Å²) in [4.78, 5) is 32.0. The predicted octanol–water partition coefficient (Wildman–Crippen LogP) is 3.04. The number of benzene rings is 1. The van der Waals surface area contributed by atoms with Crippen LogP contribution in [0.1, 0.15) is 23.4 Å². The number of thiazole rings is 1. The summed E-state index contributed by atoms with van der Waals surface area (Å²) in [5.74, 6) is 0.648. The number of thiophene rings is 1. The Morgan fingerprint density at radius 1 is 1.27 bits per heavy atom. The van der Waals surface area contributed by atoms with E-state index in [9.17, 15) is 9.59 Å². The van der Waals surface area contributed by atoms with Gasteiger partial charge in [-0.1, -0.05) is 36.1 Å². The number of methoxy groups -OCH3 is 2. The molecule has 0 bridgehead atoms. The normalized spacial score (nSPS) is 15.6. The van der Waals surface area contributed by atoms with E-state index >= 15 is 0 Å². The molecular weight excluding hydrogens is 460 g/mol. The number of ether oxygens (including phenoxy) is 3. The van der Waals surface area contributed by atoms with Gasteiger partial charge in [-0.25, -0.2) is 9.79 Å². The van der Waals surface area contributed by atoms with Crippen LogP contribution in [0.5, 0.6) is 11.5 Å². The van der Waals surface area contributed by atoms with Crippen LogP contribution in [-0.2, 0) is 9.53 Å². The summed E-state index contributed by atoms with van der Waals surface area (Å²) < 4.78 is 18.1. The smallest absolute Gasteiger partial charge is 0.338 e. The lowest BCUT2D eigenvalue weighted by Crippen LogP contribution is -2.39. The molecule has 0 N–H and O–H groups in total. The van der Waals surface area contributed by atoms with Crippen LogP contribution >= 0.6 is 22.7 Å². The SMILES string of the molecule is C=CCOc1ccc(/C=c2/sc3n(c2=O)C(c2cccs2)C(C(=O)OC)=C(C)N=3)cc1OC. The Kier molecular flexibility index (Phi) is 6.62. The molecule has 9 heteroatoms. The van der Waals surface area contributed by atoms with Crippen molar-refractivity contribution >= 4 is 34.7 Å². The average Bonchev–Trinajstić information content (AvgIpc) is 3.45. The topological polar surface area (TPSA) is 79.1 Å². The number of carbonyl (C=O) groups is 1. The van der Waals surface area contributed by atoms with Gasteiger partial charge >= 0.3 is 5.97 Å². The highest BCUT2D eigenvalue weighted by atomic mass is 32.1. The molecule has 0 saturated heterocycles. The first-order valence-electron chi connectivity index (χ1n) is 10.0. The summed E-state index contributed by atoms with van der Waals surface area (Å²) in [5.41, 5.74) is 1.46. The van der Waals surface area contributed by atoms with Crippen LogP contribution < -0.4 is 24.4 Å². The first-order valence-corrected chi connectivity index (χ1v) is 11.7. The van der Waals surface area contributed by atoms with E-state index in [-0.39, 0.29) is 5.56 Å². The Balaban J connectivity index is 1.86. The fourth-order valence-corrected chi connectivity index (χ4v) is 5.47. The summed E-state index contributed by atoms with van der Waals surface area (Å²) in [5, 5.41) is 1.91. The monoisotopic (exact) mass is 482 g/mol. The van der Waals surface area contributed by atoms with Gasteiger partial charge in [0.25, 0.3) is 5.56 Å². The van der Waals surface area contributed by atoms with Crippen LogP contribution in [0.4, 0.5) is 0 Å². The molecular formula is C24H22N2O5S2. The van der Waals surface area contributed by atoms with Crippen LogP contribution in [0.25, 0.3) is 6.08 Å². The van der Waals surface area contributed by atoms with E-state index in [1.165, 1.54) is 29.8 Å². The Morgan fingerprint density at radius 2 is 2.09 bits per heavy atom. The number of aromatic nitrogens is 1. The molecule has 4 rings (SSSR count). The van der Waals surface area contributed by atoms with Gasteiger partial charge in [0, 0.05) is 4.88 Å². The van der Waals surface area contributed by atoms with Gasteiger partial charge in [-0.15, -0.1) is 11.3 Å². The van der Waals surface area contributed by atoms with Gasteiger partial charge in [-0.2, -0.15) is 0 Å². The zero-order chi connectivity index (χ0) is 23.5. The molecule has 3 heterocycles. The van der Waals surface area contributed by atoms with Crippen molar-refractivity contribution in [3.8, 4) is 11.5 Å². The Labute approximate surface area is 198 Å². The quantitative estimate of drug-likeness (QED) is 0.382. The molecule has 0 saturated carbocycles. The van der Waals surface area contributed by atoms with Crippen LogP contribution in [0.2, 0.25) is 0 Å². The fourth-order valence-electron chi connectivity index (χ4n) is 3.60. The number of rotatable bonds is 7. The Morgan fingerprint density at radius 3 is 2.76 bits per heavy atom. The molecule has 0 fully saturated rings. The number of esters is 1. The molecule has 0 aliphatic carbocycles. The first kappa shape index (κ1) is 22.8. The van der Waals surface area contributed by atoms with Gasteiger partial charge in [0.15, 0.2) is 16.3 Å². The minimum absolute atomic E-state index is 0.225. The Bertz CT molecular complexity index is 1410. The molecule has 1 atom stereocenters. The number of allylic oxidation sites excluding steroid dienone is 1. The highest BCUT2D eigenvalue weighted by molar-refractivity contribution is 7.10. The maximum Gasteiger partial charge on any atom is 0.338 e. The summed E-state index contributed by atoms with van der Waals surface area (Å²) >= 11 is 2.75. The molecule has 170 valence electrons. The van der Waals surface area contributed by atoms with Crippen molar-refractivity contribution in [3.63, 3.8) is 0 Å². The lowest BCUT2D eigenvalue weighted by Gasteiger charge is -2.22. The first-order chi connectivity index (χ1) is 16.0. The molecule has 0 spiro atoms. The van der Waals surface area contributed by atoms with Crippen LogP contribution in [0.15, 0.2) is 69.4 Å². The second kappa shape index (κ2) is 9.60. The van der Waals surface area contributed by atoms with Gasteiger partial charge in [0.2, 0.25) is 0 Å². The van der Waals surface area contributed by atoms with Crippen molar-refractivity contribution in [2.75, 3.05) is 20.8 Å². The highest BCUT2D eigenvalue weighted by Gasteiger charge is 2.33. The minimum atomic E-state index is -0.583. The minimum Gasteiger partial charge on any atom is -0.493 e.